The normalized spacial score (nSPS) is 26.5. The van der Waals surface area contributed by atoms with Crippen molar-refractivity contribution >= 4 is 18.3 Å². The lowest BCUT2D eigenvalue weighted by molar-refractivity contribution is -0.0510. The smallest absolute Gasteiger partial charge is 0.330 e. The molecule has 1 fully saturated rings. The van der Waals surface area contributed by atoms with Crippen LogP contribution in [0.1, 0.15) is 27.0 Å². The van der Waals surface area contributed by atoms with Gasteiger partial charge < -0.3 is 14.3 Å². The molecule has 1 aromatic heterocycles. The monoisotopic (exact) mass is 435 g/mol. The largest absolute Gasteiger partial charge is 0.409 e. The van der Waals surface area contributed by atoms with Crippen LogP contribution in [0.3, 0.4) is 0 Å². The van der Waals surface area contributed by atoms with E-state index in [0.29, 0.717) is 0 Å². The summed E-state index contributed by atoms with van der Waals surface area (Å²) in [4.78, 5) is 25.8. The fourth-order valence-electron chi connectivity index (χ4n) is 2.94. The molecule has 4 atom stereocenters. The Kier molecular flexibility index (Phi) is 6.43. The van der Waals surface area contributed by atoms with Gasteiger partial charge in [0.25, 0.3) is 5.56 Å². The molecular weight excluding hydrogens is 406 g/mol. The highest BCUT2D eigenvalue weighted by atomic mass is 32.2. The van der Waals surface area contributed by atoms with Crippen molar-refractivity contribution in [2.75, 3.05) is 12.4 Å². The predicted octanol–water partition coefficient (Wildman–Crippen LogP) is -0.279. The second kappa shape index (κ2) is 7.84. The fourth-order valence-corrected chi connectivity index (χ4v) is 5.21. The zero-order valence-corrected chi connectivity index (χ0v) is 18.5. The van der Waals surface area contributed by atoms with Gasteiger partial charge in [-0.05, 0) is 18.1 Å². The molecule has 2 heterocycles. The summed E-state index contributed by atoms with van der Waals surface area (Å²) in [5, 5.41) is 14.8. The lowest BCUT2D eigenvalue weighted by Crippen LogP contribution is -2.49. The first-order valence-corrected chi connectivity index (χ1v) is 13.5. The molecule has 1 aliphatic heterocycles. The number of sulfonamides is 1. The van der Waals surface area contributed by atoms with Crippen LogP contribution < -0.4 is 16.4 Å². The van der Waals surface area contributed by atoms with Crippen LogP contribution in [0.2, 0.25) is 18.1 Å². The number of ether oxygens (including phenoxy) is 1. The Balaban J connectivity index is 2.55. The Morgan fingerprint density at radius 3 is 2.43 bits per heavy atom. The molecule has 1 aliphatic rings. The van der Waals surface area contributed by atoms with Crippen molar-refractivity contribution in [3.8, 4) is 0 Å². The predicted molar refractivity (Wildman–Crippen MR) is 106 cm³/mol. The summed E-state index contributed by atoms with van der Waals surface area (Å²) in [5.74, 6) is -1.25. The maximum absolute atomic E-state index is 12.3. The highest BCUT2D eigenvalue weighted by Gasteiger charge is 2.51. The third kappa shape index (κ3) is 4.99. The fraction of sp³-hybridized carbons (Fsp3) is 0.750. The molecule has 0 aliphatic carbocycles. The molecule has 10 nitrogen and oxygen atoms in total. The number of hydrogen-bond acceptors (Lipinski definition) is 7. The Labute approximate surface area is 164 Å². The van der Waals surface area contributed by atoms with Gasteiger partial charge in [0.2, 0.25) is 10.0 Å². The number of aliphatic hydroxyl groups excluding tert-OH is 1. The van der Waals surface area contributed by atoms with Crippen molar-refractivity contribution in [1.29, 1.82) is 0 Å². The lowest BCUT2D eigenvalue weighted by atomic mass is 10.0. The first kappa shape index (κ1) is 23.0. The molecule has 2 rings (SSSR count). The Morgan fingerprint density at radius 2 is 1.96 bits per heavy atom. The standard InChI is InChI=1S/C16H29N3O7SSi/c1-16(2,3)28(4,5)26-13-10(9-27(17,23)24)11(8-20)25-14(13)19-7-6-12(21)18-15(19)22/h6-7,10-11,13-14,20H,8-9H2,1-5H3,(H2,17,23,24)(H,18,21,22)/t10-,11-,13-,14-/m1/s1. The number of primary sulfonamides is 1. The van der Waals surface area contributed by atoms with Gasteiger partial charge in [0, 0.05) is 18.2 Å². The summed E-state index contributed by atoms with van der Waals surface area (Å²) < 4.78 is 37.0. The van der Waals surface area contributed by atoms with E-state index in [1.165, 1.54) is 6.20 Å². The summed E-state index contributed by atoms with van der Waals surface area (Å²) in [6.07, 6.45) is -1.49. The van der Waals surface area contributed by atoms with Crippen LogP contribution in [-0.4, -0.2) is 56.0 Å². The van der Waals surface area contributed by atoms with E-state index >= 15 is 0 Å². The molecule has 0 bridgehead atoms. The maximum atomic E-state index is 12.3. The number of hydrogen-bond donors (Lipinski definition) is 3. The van der Waals surface area contributed by atoms with E-state index in [9.17, 15) is 23.1 Å². The topological polar surface area (TPSA) is 154 Å². The highest BCUT2D eigenvalue weighted by Crippen LogP contribution is 2.43. The summed E-state index contributed by atoms with van der Waals surface area (Å²) in [5.41, 5.74) is -1.28. The molecule has 12 heteroatoms. The van der Waals surface area contributed by atoms with Crippen LogP contribution in [0.4, 0.5) is 0 Å². The van der Waals surface area contributed by atoms with Crippen molar-refractivity contribution in [3.63, 3.8) is 0 Å². The first-order chi connectivity index (χ1) is 12.7. The lowest BCUT2D eigenvalue weighted by Gasteiger charge is -2.40. The van der Waals surface area contributed by atoms with Crippen molar-refractivity contribution < 1.29 is 22.7 Å². The maximum Gasteiger partial charge on any atom is 0.330 e. The zero-order valence-electron chi connectivity index (χ0n) is 16.7. The summed E-state index contributed by atoms with van der Waals surface area (Å²) in [6.45, 7) is 9.57. The molecule has 0 saturated carbocycles. The van der Waals surface area contributed by atoms with E-state index in [1.807, 2.05) is 33.9 Å². The quantitative estimate of drug-likeness (QED) is 0.519. The Hall–Kier alpha value is -1.31. The molecule has 0 aromatic carbocycles. The van der Waals surface area contributed by atoms with E-state index in [0.717, 1.165) is 10.6 Å². The van der Waals surface area contributed by atoms with Gasteiger partial charge in [-0.3, -0.25) is 14.3 Å². The molecule has 1 saturated heterocycles. The molecule has 0 spiro atoms. The van der Waals surface area contributed by atoms with Crippen LogP contribution in [0.15, 0.2) is 21.9 Å². The third-order valence-electron chi connectivity index (χ3n) is 5.46. The number of aliphatic hydroxyl groups is 1. The average molecular weight is 436 g/mol. The van der Waals surface area contributed by atoms with Gasteiger partial charge in [0.1, 0.15) is 0 Å². The Morgan fingerprint density at radius 1 is 1.36 bits per heavy atom. The van der Waals surface area contributed by atoms with E-state index in [4.69, 9.17) is 14.3 Å². The molecule has 0 amide bonds. The summed E-state index contributed by atoms with van der Waals surface area (Å²) >= 11 is 0. The second-order valence-electron chi connectivity index (χ2n) is 8.60. The van der Waals surface area contributed by atoms with E-state index in [1.54, 1.807) is 0 Å². The van der Waals surface area contributed by atoms with Crippen LogP contribution in [0.5, 0.6) is 0 Å². The highest BCUT2D eigenvalue weighted by molar-refractivity contribution is 7.89. The van der Waals surface area contributed by atoms with Crippen molar-refractivity contribution in [1.82, 2.24) is 9.55 Å². The first-order valence-electron chi connectivity index (χ1n) is 8.92. The summed E-state index contributed by atoms with van der Waals surface area (Å²) in [7, 11) is -6.31. The SMILES string of the molecule is CC(C)(C)[Si](C)(C)O[C@@H]1[C@H](CS(N)(=O)=O)[C@@H](CO)O[C@H]1n1ccc(=O)[nH]c1=O. The number of rotatable bonds is 6. The minimum atomic E-state index is -3.90. The zero-order chi connectivity index (χ0) is 21.5. The van der Waals surface area contributed by atoms with E-state index < -0.39 is 66.3 Å². The number of nitrogens with zero attached hydrogens (tertiary/aromatic N) is 1. The molecule has 4 N–H and O–H groups in total. The van der Waals surface area contributed by atoms with Gasteiger partial charge in [0.15, 0.2) is 14.5 Å². The number of aromatic amines is 1. The van der Waals surface area contributed by atoms with Crippen LogP contribution >= 0.6 is 0 Å². The minimum Gasteiger partial charge on any atom is -0.409 e. The number of H-pyrrole nitrogens is 1. The number of nitrogens with one attached hydrogen (secondary N) is 1. The molecular formula is C16H29N3O7SSi. The van der Waals surface area contributed by atoms with Crippen LogP contribution in [-0.2, 0) is 19.2 Å². The Bertz CT molecular complexity index is 919. The number of nitrogens with two attached hydrogens (primary N) is 1. The van der Waals surface area contributed by atoms with Crippen molar-refractivity contribution in [2.24, 2.45) is 11.1 Å². The van der Waals surface area contributed by atoms with Gasteiger partial charge in [-0.15, -0.1) is 0 Å². The molecule has 28 heavy (non-hydrogen) atoms. The average Bonchev–Trinajstić information content (AvgIpc) is 2.82. The van der Waals surface area contributed by atoms with Gasteiger partial charge in [0.05, 0.1) is 24.6 Å². The summed E-state index contributed by atoms with van der Waals surface area (Å²) in [6, 6.07) is 1.16. The van der Waals surface area contributed by atoms with Gasteiger partial charge in [-0.1, -0.05) is 20.8 Å². The van der Waals surface area contributed by atoms with Gasteiger partial charge in [-0.2, -0.15) is 0 Å². The molecule has 1 aromatic rings. The second-order valence-corrected chi connectivity index (χ2v) is 15.0. The van der Waals surface area contributed by atoms with Gasteiger partial charge in [-0.25, -0.2) is 18.4 Å². The molecule has 160 valence electrons. The third-order valence-corrected chi connectivity index (χ3v) is 10.8. The van der Waals surface area contributed by atoms with Gasteiger partial charge >= 0.3 is 5.69 Å². The van der Waals surface area contributed by atoms with Crippen LogP contribution in [0.25, 0.3) is 0 Å². The molecule has 0 radical (unpaired) electrons. The van der Waals surface area contributed by atoms with Crippen molar-refractivity contribution in [2.45, 2.75) is 57.3 Å². The molecule has 0 unspecified atom stereocenters. The minimum absolute atomic E-state index is 0.197. The number of aromatic nitrogens is 2. The van der Waals surface area contributed by atoms with E-state index in [-0.39, 0.29) is 5.04 Å². The van der Waals surface area contributed by atoms with E-state index in [2.05, 4.69) is 4.98 Å². The van der Waals surface area contributed by atoms with Crippen molar-refractivity contribution in [3.05, 3.63) is 33.1 Å². The van der Waals surface area contributed by atoms with Crippen LogP contribution in [0, 0.1) is 5.92 Å².